The van der Waals surface area contributed by atoms with Gasteiger partial charge in [0.25, 0.3) is 5.69 Å². The summed E-state index contributed by atoms with van der Waals surface area (Å²) < 4.78 is 0. The number of thiophene rings is 1. The minimum Gasteiger partial charge on any atom is -0.383 e. The lowest BCUT2D eigenvalue weighted by atomic mass is 10.0. The molecule has 2 aromatic rings. The Bertz CT molecular complexity index is 537. The molecule has 0 radical (unpaired) electrons. The van der Waals surface area contributed by atoms with Crippen molar-refractivity contribution in [2.75, 3.05) is 0 Å². The minimum absolute atomic E-state index is 0.0449. The van der Waals surface area contributed by atoms with Crippen molar-refractivity contribution in [3.05, 3.63) is 61.8 Å². The first-order valence-electron chi connectivity index (χ1n) is 5.06. The molecular formula is C12H11NO3S. The molecule has 0 aliphatic heterocycles. The Balaban J connectivity index is 2.50. The predicted molar refractivity (Wildman–Crippen MR) is 66.2 cm³/mol. The molecule has 0 spiro atoms. The van der Waals surface area contributed by atoms with E-state index in [9.17, 15) is 15.2 Å². The van der Waals surface area contributed by atoms with Crippen molar-refractivity contribution in [1.29, 1.82) is 0 Å². The molecule has 1 heterocycles. The molecule has 0 amide bonds. The number of rotatable bonds is 3. The van der Waals surface area contributed by atoms with E-state index in [-0.39, 0.29) is 5.69 Å². The fourth-order valence-corrected chi connectivity index (χ4v) is 2.39. The fourth-order valence-electron chi connectivity index (χ4n) is 1.66. The lowest BCUT2D eigenvalue weighted by Crippen LogP contribution is -2.02. The molecule has 0 fully saturated rings. The van der Waals surface area contributed by atoms with Gasteiger partial charge in [-0.2, -0.15) is 0 Å². The van der Waals surface area contributed by atoms with Gasteiger partial charge in [-0.15, -0.1) is 11.3 Å². The molecular weight excluding hydrogens is 238 g/mol. The highest BCUT2D eigenvalue weighted by molar-refractivity contribution is 7.10. The third-order valence-electron chi connectivity index (χ3n) is 2.49. The van der Waals surface area contributed by atoms with Crippen LogP contribution in [0.2, 0.25) is 0 Å². The molecule has 5 heteroatoms. The van der Waals surface area contributed by atoms with Crippen molar-refractivity contribution in [3.8, 4) is 0 Å². The molecule has 2 rings (SSSR count). The number of nitro benzene ring substituents is 1. The Morgan fingerprint density at radius 3 is 2.76 bits per heavy atom. The molecule has 1 aromatic heterocycles. The van der Waals surface area contributed by atoms with E-state index in [4.69, 9.17) is 0 Å². The molecule has 4 nitrogen and oxygen atoms in total. The van der Waals surface area contributed by atoms with Crippen LogP contribution in [0.1, 0.15) is 22.1 Å². The first-order valence-corrected chi connectivity index (χ1v) is 5.94. The van der Waals surface area contributed by atoms with Crippen molar-refractivity contribution < 1.29 is 10.0 Å². The Morgan fingerprint density at radius 1 is 1.41 bits per heavy atom. The molecule has 0 saturated heterocycles. The minimum atomic E-state index is -0.935. The smallest absolute Gasteiger partial charge is 0.275 e. The second kappa shape index (κ2) is 4.65. The van der Waals surface area contributed by atoms with Gasteiger partial charge in [-0.1, -0.05) is 17.7 Å². The fraction of sp³-hybridized carbons (Fsp3) is 0.167. The van der Waals surface area contributed by atoms with Crippen LogP contribution in [0.15, 0.2) is 35.7 Å². The van der Waals surface area contributed by atoms with Gasteiger partial charge in [0.05, 0.1) is 10.5 Å². The van der Waals surface area contributed by atoms with E-state index < -0.39 is 11.0 Å². The largest absolute Gasteiger partial charge is 0.383 e. The summed E-state index contributed by atoms with van der Waals surface area (Å²) in [5.74, 6) is 0. The number of nitro groups is 1. The average molecular weight is 249 g/mol. The SMILES string of the molecule is Cc1ccc([N+](=O)[O-])c([C@H](O)c2cccs2)c1. The van der Waals surface area contributed by atoms with E-state index in [0.29, 0.717) is 10.4 Å². The molecule has 1 aromatic carbocycles. The number of aliphatic hydroxyl groups is 1. The summed E-state index contributed by atoms with van der Waals surface area (Å²) in [4.78, 5) is 11.1. The Labute approximate surface area is 102 Å². The molecule has 0 saturated carbocycles. The molecule has 1 N–H and O–H groups in total. The Hall–Kier alpha value is -1.72. The average Bonchev–Trinajstić information content (AvgIpc) is 2.80. The maximum atomic E-state index is 10.9. The van der Waals surface area contributed by atoms with Crippen LogP contribution in [0.5, 0.6) is 0 Å². The van der Waals surface area contributed by atoms with E-state index in [1.165, 1.54) is 17.4 Å². The quantitative estimate of drug-likeness (QED) is 0.671. The molecule has 0 aliphatic carbocycles. The molecule has 0 aliphatic rings. The normalized spacial score (nSPS) is 12.4. The van der Waals surface area contributed by atoms with Crippen molar-refractivity contribution in [2.24, 2.45) is 0 Å². The summed E-state index contributed by atoms with van der Waals surface area (Å²) in [5.41, 5.74) is 1.19. The van der Waals surface area contributed by atoms with Gasteiger partial charge < -0.3 is 5.11 Å². The number of hydrogen-bond acceptors (Lipinski definition) is 4. The summed E-state index contributed by atoms with van der Waals surface area (Å²) >= 11 is 1.38. The van der Waals surface area contributed by atoms with Crippen molar-refractivity contribution in [3.63, 3.8) is 0 Å². The van der Waals surface area contributed by atoms with E-state index in [2.05, 4.69) is 0 Å². The maximum absolute atomic E-state index is 10.9. The number of benzene rings is 1. The van der Waals surface area contributed by atoms with Gasteiger partial charge in [-0.25, -0.2) is 0 Å². The predicted octanol–water partition coefficient (Wildman–Crippen LogP) is 3.05. The molecule has 1 atom stereocenters. The zero-order valence-corrected chi connectivity index (χ0v) is 9.98. The summed E-state index contributed by atoms with van der Waals surface area (Å²) in [6.07, 6.45) is -0.935. The summed E-state index contributed by atoms with van der Waals surface area (Å²) in [6, 6.07) is 8.33. The highest BCUT2D eigenvalue weighted by atomic mass is 32.1. The van der Waals surface area contributed by atoms with E-state index in [1.54, 1.807) is 18.2 Å². The molecule has 17 heavy (non-hydrogen) atoms. The van der Waals surface area contributed by atoms with Crippen LogP contribution in [0.25, 0.3) is 0 Å². The lowest BCUT2D eigenvalue weighted by Gasteiger charge is -2.10. The highest BCUT2D eigenvalue weighted by Gasteiger charge is 2.22. The van der Waals surface area contributed by atoms with Gasteiger partial charge >= 0.3 is 0 Å². The highest BCUT2D eigenvalue weighted by Crippen LogP contribution is 2.32. The van der Waals surface area contributed by atoms with Crippen LogP contribution in [0.4, 0.5) is 5.69 Å². The third kappa shape index (κ3) is 2.35. The van der Waals surface area contributed by atoms with Gasteiger partial charge in [0.2, 0.25) is 0 Å². The van der Waals surface area contributed by atoms with Crippen LogP contribution in [0, 0.1) is 17.0 Å². The zero-order chi connectivity index (χ0) is 12.4. The number of hydrogen-bond donors (Lipinski definition) is 1. The van der Waals surface area contributed by atoms with Crippen LogP contribution >= 0.6 is 11.3 Å². The molecule has 0 unspecified atom stereocenters. The van der Waals surface area contributed by atoms with Gasteiger partial charge in [-0.05, 0) is 24.4 Å². The van der Waals surface area contributed by atoms with Gasteiger partial charge in [0, 0.05) is 10.9 Å². The van der Waals surface area contributed by atoms with E-state index in [1.807, 2.05) is 18.4 Å². The van der Waals surface area contributed by atoms with Gasteiger partial charge in [0.15, 0.2) is 0 Å². The van der Waals surface area contributed by atoms with Crippen LogP contribution in [-0.2, 0) is 0 Å². The van der Waals surface area contributed by atoms with Crippen molar-refractivity contribution in [1.82, 2.24) is 0 Å². The maximum Gasteiger partial charge on any atom is 0.275 e. The molecule has 0 bridgehead atoms. The first kappa shape index (κ1) is 11.8. The number of aliphatic hydroxyl groups excluding tert-OH is 1. The molecule has 88 valence electrons. The summed E-state index contributed by atoms with van der Waals surface area (Å²) in [5, 5.41) is 22.9. The topological polar surface area (TPSA) is 63.4 Å². The Morgan fingerprint density at radius 2 is 2.18 bits per heavy atom. The van der Waals surface area contributed by atoms with Crippen LogP contribution in [0.3, 0.4) is 0 Å². The van der Waals surface area contributed by atoms with E-state index >= 15 is 0 Å². The number of nitrogens with zero attached hydrogens (tertiary/aromatic N) is 1. The monoisotopic (exact) mass is 249 g/mol. The first-order chi connectivity index (χ1) is 8.09. The summed E-state index contributed by atoms with van der Waals surface area (Å²) in [6.45, 7) is 1.84. The van der Waals surface area contributed by atoms with Crippen LogP contribution in [-0.4, -0.2) is 10.0 Å². The lowest BCUT2D eigenvalue weighted by molar-refractivity contribution is -0.386. The van der Waals surface area contributed by atoms with Crippen molar-refractivity contribution in [2.45, 2.75) is 13.0 Å². The third-order valence-corrected chi connectivity index (χ3v) is 3.41. The van der Waals surface area contributed by atoms with Crippen molar-refractivity contribution >= 4 is 17.0 Å². The Kier molecular flexibility index (Phi) is 3.21. The van der Waals surface area contributed by atoms with Crippen LogP contribution < -0.4 is 0 Å². The second-order valence-electron chi connectivity index (χ2n) is 3.74. The standard InChI is InChI=1S/C12H11NO3S/c1-8-4-5-10(13(15)16)9(7-8)12(14)11-3-2-6-17-11/h2-7,12,14H,1H3/t12-/m0/s1. The second-order valence-corrected chi connectivity index (χ2v) is 4.72. The zero-order valence-electron chi connectivity index (χ0n) is 9.16. The van der Waals surface area contributed by atoms with Gasteiger partial charge in [0.1, 0.15) is 6.10 Å². The number of aryl methyl sites for hydroxylation is 1. The van der Waals surface area contributed by atoms with E-state index in [0.717, 1.165) is 5.56 Å². The van der Waals surface area contributed by atoms with Gasteiger partial charge in [-0.3, -0.25) is 10.1 Å². The summed E-state index contributed by atoms with van der Waals surface area (Å²) in [7, 11) is 0.